The quantitative estimate of drug-likeness (QED) is 0.605. The molecule has 2 aromatic rings. The molecular formula is C22H25F3N4O6S. The molecular weight excluding hydrogens is 505 g/mol. The standard InChI is InChI=1S/C22H25F3N4O6S/c1-13(30)26-11-15-12-29(36(32,33)19-7-5-6-18(28-19)22(23,24)25)16-10-14(8-9-17(16)34-15)27-20(31)35-21(2,3)4/h5-10,15H,11-12H2,1-4H3,(H,26,30)(H,27,31)/t15-/m0/s1. The lowest BCUT2D eigenvalue weighted by Crippen LogP contribution is -2.48. The fraction of sp³-hybridized carbons (Fsp3) is 0.409. The number of nitrogens with zero attached hydrogens (tertiary/aromatic N) is 2. The van der Waals surface area contributed by atoms with Crippen molar-refractivity contribution in [3.05, 3.63) is 42.1 Å². The van der Waals surface area contributed by atoms with Crippen molar-refractivity contribution in [2.45, 2.75) is 50.6 Å². The number of fused-ring (bicyclic) bond motifs is 1. The lowest BCUT2D eigenvalue weighted by Gasteiger charge is -2.35. The van der Waals surface area contributed by atoms with Gasteiger partial charge in [-0.3, -0.25) is 14.4 Å². The Bertz CT molecular complexity index is 1260. The average molecular weight is 531 g/mol. The van der Waals surface area contributed by atoms with Gasteiger partial charge >= 0.3 is 12.3 Å². The number of carbonyl (C=O) groups excluding carboxylic acids is 2. The van der Waals surface area contributed by atoms with Gasteiger partial charge in [-0.05, 0) is 51.1 Å². The van der Waals surface area contributed by atoms with Gasteiger partial charge in [0.25, 0.3) is 10.0 Å². The second-order valence-corrected chi connectivity index (χ2v) is 10.7. The molecule has 1 aromatic heterocycles. The van der Waals surface area contributed by atoms with E-state index in [2.05, 4.69) is 15.6 Å². The van der Waals surface area contributed by atoms with Gasteiger partial charge in [-0.2, -0.15) is 21.6 Å². The number of halogens is 3. The van der Waals surface area contributed by atoms with Crippen molar-refractivity contribution < 1.29 is 40.7 Å². The maximum absolute atomic E-state index is 13.5. The van der Waals surface area contributed by atoms with Crippen LogP contribution in [0, 0.1) is 0 Å². The van der Waals surface area contributed by atoms with Crippen LogP contribution in [-0.4, -0.2) is 50.2 Å². The number of rotatable bonds is 5. The second-order valence-electron chi connectivity index (χ2n) is 8.88. The maximum atomic E-state index is 13.5. The van der Waals surface area contributed by atoms with E-state index in [1.165, 1.54) is 25.1 Å². The predicted molar refractivity (Wildman–Crippen MR) is 123 cm³/mol. The highest BCUT2D eigenvalue weighted by molar-refractivity contribution is 7.92. The topological polar surface area (TPSA) is 127 Å². The summed E-state index contributed by atoms with van der Waals surface area (Å²) in [7, 11) is -4.62. The van der Waals surface area contributed by atoms with E-state index < -0.39 is 44.7 Å². The molecule has 1 aromatic carbocycles. The molecule has 0 bridgehead atoms. The largest absolute Gasteiger partial charge is 0.484 e. The number of aromatic nitrogens is 1. The summed E-state index contributed by atoms with van der Waals surface area (Å²) in [5.74, 6) is -0.308. The molecule has 0 spiro atoms. The summed E-state index contributed by atoms with van der Waals surface area (Å²) in [6, 6.07) is 6.68. The fourth-order valence-electron chi connectivity index (χ4n) is 3.23. The molecule has 3 rings (SSSR count). The summed E-state index contributed by atoms with van der Waals surface area (Å²) >= 11 is 0. The van der Waals surface area contributed by atoms with Crippen LogP contribution in [0.2, 0.25) is 0 Å². The first-order valence-electron chi connectivity index (χ1n) is 10.7. The first-order chi connectivity index (χ1) is 16.6. The molecule has 196 valence electrons. The van der Waals surface area contributed by atoms with E-state index >= 15 is 0 Å². The van der Waals surface area contributed by atoms with Crippen molar-refractivity contribution in [2.75, 3.05) is 22.7 Å². The van der Waals surface area contributed by atoms with E-state index in [9.17, 15) is 31.2 Å². The van der Waals surface area contributed by atoms with Gasteiger partial charge in [0, 0.05) is 12.6 Å². The van der Waals surface area contributed by atoms with Crippen molar-refractivity contribution in [3.8, 4) is 5.75 Å². The summed E-state index contributed by atoms with van der Waals surface area (Å²) in [5, 5.41) is 4.18. The van der Waals surface area contributed by atoms with Crippen LogP contribution < -0.4 is 19.7 Å². The number of sulfonamides is 1. The Morgan fingerprint density at radius 2 is 1.89 bits per heavy atom. The second kappa shape index (κ2) is 9.84. The summed E-state index contributed by atoms with van der Waals surface area (Å²) in [6.07, 6.45) is -6.50. The minimum atomic E-state index is -4.85. The monoisotopic (exact) mass is 530 g/mol. The van der Waals surface area contributed by atoms with Gasteiger partial charge in [-0.15, -0.1) is 0 Å². The number of amides is 2. The lowest BCUT2D eigenvalue weighted by atomic mass is 10.2. The zero-order valence-electron chi connectivity index (χ0n) is 19.8. The third-order valence-electron chi connectivity index (χ3n) is 4.68. The van der Waals surface area contributed by atoms with Crippen molar-refractivity contribution in [1.82, 2.24) is 10.3 Å². The van der Waals surface area contributed by atoms with Crippen LogP contribution in [-0.2, 0) is 25.7 Å². The van der Waals surface area contributed by atoms with Gasteiger partial charge in [0.2, 0.25) is 5.91 Å². The number of anilines is 2. The van der Waals surface area contributed by atoms with Crippen molar-refractivity contribution >= 4 is 33.4 Å². The molecule has 0 unspecified atom stereocenters. The Balaban J connectivity index is 2.03. The number of hydrogen-bond donors (Lipinski definition) is 2. The van der Waals surface area contributed by atoms with Crippen LogP contribution in [0.25, 0.3) is 0 Å². The van der Waals surface area contributed by atoms with Gasteiger partial charge in [-0.25, -0.2) is 9.78 Å². The number of ether oxygens (including phenoxy) is 2. The normalized spacial score (nSPS) is 16.0. The van der Waals surface area contributed by atoms with Crippen LogP contribution in [0.15, 0.2) is 41.4 Å². The molecule has 1 aliphatic heterocycles. The zero-order chi connectivity index (χ0) is 26.9. The summed E-state index contributed by atoms with van der Waals surface area (Å²) in [5.41, 5.74) is -2.04. The number of pyridine rings is 1. The highest BCUT2D eigenvalue weighted by Gasteiger charge is 2.38. The van der Waals surface area contributed by atoms with Crippen LogP contribution in [0.4, 0.5) is 29.3 Å². The van der Waals surface area contributed by atoms with E-state index in [4.69, 9.17) is 9.47 Å². The molecule has 2 N–H and O–H groups in total. The maximum Gasteiger partial charge on any atom is 0.433 e. The van der Waals surface area contributed by atoms with E-state index in [1.807, 2.05) is 0 Å². The number of benzene rings is 1. The first kappa shape index (κ1) is 27.0. The van der Waals surface area contributed by atoms with Gasteiger partial charge < -0.3 is 14.8 Å². The van der Waals surface area contributed by atoms with Crippen LogP contribution in [0.1, 0.15) is 33.4 Å². The zero-order valence-corrected chi connectivity index (χ0v) is 20.7. The molecule has 36 heavy (non-hydrogen) atoms. The fourth-order valence-corrected chi connectivity index (χ4v) is 4.69. The Morgan fingerprint density at radius 3 is 2.50 bits per heavy atom. The summed E-state index contributed by atoms with van der Waals surface area (Å²) in [4.78, 5) is 26.8. The Morgan fingerprint density at radius 1 is 1.19 bits per heavy atom. The highest BCUT2D eigenvalue weighted by atomic mass is 32.2. The number of alkyl halides is 3. The third-order valence-corrected chi connectivity index (χ3v) is 6.37. The van der Waals surface area contributed by atoms with E-state index in [0.717, 1.165) is 16.4 Å². The SMILES string of the molecule is CC(=O)NC[C@H]1CN(S(=O)(=O)c2cccc(C(F)(F)F)n2)c2cc(NC(=O)OC(C)(C)C)ccc2O1. The molecule has 0 radical (unpaired) electrons. The molecule has 2 amide bonds. The number of nitrogens with one attached hydrogen (secondary N) is 2. The average Bonchev–Trinajstić information content (AvgIpc) is 2.75. The summed E-state index contributed by atoms with van der Waals surface area (Å²) in [6.45, 7) is 5.86. The minimum absolute atomic E-state index is 0.0400. The van der Waals surface area contributed by atoms with Crippen molar-refractivity contribution in [1.29, 1.82) is 0 Å². The van der Waals surface area contributed by atoms with Gasteiger partial charge in [0.1, 0.15) is 23.1 Å². The highest BCUT2D eigenvalue weighted by Crippen LogP contribution is 2.39. The molecule has 10 nitrogen and oxygen atoms in total. The molecule has 1 atom stereocenters. The van der Waals surface area contributed by atoms with Crippen molar-refractivity contribution in [2.24, 2.45) is 0 Å². The van der Waals surface area contributed by atoms with Crippen LogP contribution in [0.5, 0.6) is 5.75 Å². The number of hydrogen-bond acceptors (Lipinski definition) is 7. The summed E-state index contributed by atoms with van der Waals surface area (Å²) < 4.78 is 78.3. The molecule has 1 aliphatic rings. The third kappa shape index (κ3) is 6.56. The van der Waals surface area contributed by atoms with Gasteiger partial charge in [0.05, 0.1) is 18.8 Å². The van der Waals surface area contributed by atoms with E-state index in [1.54, 1.807) is 20.8 Å². The van der Waals surface area contributed by atoms with Gasteiger partial charge in [-0.1, -0.05) is 6.07 Å². The van der Waals surface area contributed by atoms with Gasteiger partial charge in [0.15, 0.2) is 5.03 Å². The first-order valence-corrected chi connectivity index (χ1v) is 12.1. The smallest absolute Gasteiger partial charge is 0.433 e. The molecule has 0 fully saturated rings. The number of carbonyl (C=O) groups is 2. The molecule has 0 saturated carbocycles. The van der Waals surface area contributed by atoms with Crippen LogP contribution >= 0.6 is 0 Å². The molecule has 0 aliphatic carbocycles. The lowest BCUT2D eigenvalue weighted by molar-refractivity contribution is -0.141. The van der Waals surface area contributed by atoms with Crippen molar-refractivity contribution in [3.63, 3.8) is 0 Å². The minimum Gasteiger partial charge on any atom is -0.484 e. The Hall–Kier alpha value is -3.55. The molecule has 14 heteroatoms. The molecule has 0 saturated heterocycles. The van der Waals surface area contributed by atoms with Crippen LogP contribution in [0.3, 0.4) is 0 Å². The molecule has 2 heterocycles. The van der Waals surface area contributed by atoms with E-state index in [-0.39, 0.29) is 36.1 Å². The Labute approximate surface area is 205 Å². The van der Waals surface area contributed by atoms with E-state index in [0.29, 0.717) is 6.07 Å². The Kier molecular flexibility index (Phi) is 7.39. The predicted octanol–water partition coefficient (Wildman–Crippen LogP) is 3.54.